The molecule has 0 saturated heterocycles. The molecule has 1 N–H and O–H groups in total. The van der Waals surface area contributed by atoms with E-state index in [9.17, 15) is 14.4 Å². The van der Waals surface area contributed by atoms with Crippen molar-refractivity contribution in [3.63, 3.8) is 0 Å². The monoisotopic (exact) mass is 306 g/mol. The highest BCUT2D eigenvalue weighted by molar-refractivity contribution is 5.81. The average Bonchev–Trinajstić information content (AvgIpc) is 2.79. The molecule has 2 aromatic rings. The molecule has 7 heteroatoms. The molecule has 0 atom stereocenters. The van der Waals surface area contributed by atoms with Gasteiger partial charge in [-0.2, -0.15) is 0 Å². The maximum Gasteiger partial charge on any atom is 0.419 e. The lowest BCUT2D eigenvalue weighted by molar-refractivity contribution is -0.142. The predicted molar refractivity (Wildman–Crippen MR) is 79.4 cm³/mol. The minimum Gasteiger partial charge on any atom is -0.469 e. The van der Waals surface area contributed by atoms with Gasteiger partial charge < -0.3 is 14.5 Å². The lowest BCUT2D eigenvalue weighted by atomic mass is 10.1. The molecule has 1 amide bonds. The van der Waals surface area contributed by atoms with E-state index in [0.29, 0.717) is 18.5 Å². The summed E-state index contributed by atoms with van der Waals surface area (Å²) in [5.41, 5.74) is 2.22. The van der Waals surface area contributed by atoms with E-state index in [0.717, 1.165) is 11.1 Å². The molecule has 0 aliphatic rings. The van der Waals surface area contributed by atoms with E-state index in [-0.39, 0.29) is 18.7 Å². The van der Waals surface area contributed by atoms with Crippen molar-refractivity contribution < 1.29 is 18.7 Å². The number of hydrogen-bond donors (Lipinski definition) is 1. The van der Waals surface area contributed by atoms with Crippen molar-refractivity contribution in [3.05, 3.63) is 34.3 Å². The summed E-state index contributed by atoms with van der Waals surface area (Å²) in [5.74, 6) is -0.999. The third-order valence-corrected chi connectivity index (χ3v) is 3.38. The summed E-state index contributed by atoms with van der Waals surface area (Å²) in [6.07, 6.45) is 0.793. The molecule has 0 radical (unpaired) electrons. The number of nitrogens with zero attached hydrogens (tertiary/aromatic N) is 1. The number of aromatic nitrogens is 1. The number of carbonyl (C=O) groups excluding carboxylic acids is 2. The Kier molecular flexibility index (Phi) is 4.98. The molecule has 0 bridgehead atoms. The topological polar surface area (TPSA) is 90.5 Å². The Morgan fingerprint density at radius 1 is 1.32 bits per heavy atom. The second-order valence-corrected chi connectivity index (χ2v) is 4.91. The maximum absolute atomic E-state index is 11.5. The van der Waals surface area contributed by atoms with Crippen LogP contribution in [-0.4, -0.2) is 30.1 Å². The zero-order chi connectivity index (χ0) is 16.1. The van der Waals surface area contributed by atoms with Gasteiger partial charge in [-0.05, 0) is 24.1 Å². The Bertz CT molecular complexity index is 744. The molecular formula is C15H18N2O5. The van der Waals surface area contributed by atoms with Crippen LogP contribution in [-0.2, 0) is 27.8 Å². The highest BCUT2D eigenvalue weighted by atomic mass is 16.5. The van der Waals surface area contributed by atoms with Crippen LogP contribution in [0.4, 0.5) is 0 Å². The lowest BCUT2D eigenvalue weighted by Crippen LogP contribution is -2.26. The minimum atomic E-state index is -0.403. The van der Waals surface area contributed by atoms with Crippen molar-refractivity contribution in [1.82, 2.24) is 9.88 Å². The molecule has 1 heterocycles. The van der Waals surface area contributed by atoms with Crippen molar-refractivity contribution in [2.75, 3.05) is 13.7 Å². The van der Waals surface area contributed by atoms with Gasteiger partial charge in [-0.15, -0.1) is 0 Å². The zero-order valence-corrected chi connectivity index (χ0v) is 12.5. The van der Waals surface area contributed by atoms with Crippen LogP contribution >= 0.6 is 0 Å². The van der Waals surface area contributed by atoms with Gasteiger partial charge in [0.15, 0.2) is 5.58 Å². The number of carbonyl (C=O) groups is 2. The smallest absolute Gasteiger partial charge is 0.419 e. The third kappa shape index (κ3) is 3.75. The second kappa shape index (κ2) is 6.93. The van der Waals surface area contributed by atoms with Crippen molar-refractivity contribution >= 4 is 23.0 Å². The first-order valence-electron chi connectivity index (χ1n) is 6.93. The van der Waals surface area contributed by atoms with Crippen molar-refractivity contribution in [2.45, 2.75) is 19.3 Å². The SMILES string of the molecule is COC(=O)CCC(=O)NCCc1ccc2c(c1)oc(=O)n2C. The number of methoxy groups -OCH3 is 1. The maximum atomic E-state index is 11.5. The number of oxazole rings is 1. The number of hydrogen-bond acceptors (Lipinski definition) is 5. The summed E-state index contributed by atoms with van der Waals surface area (Å²) < 4.78 is 11.0. The first-order chi connectivity index (χ1) is 10.5. The number of rotatable bonds is 6. The second-order valence-electron chi connectivity index (χ2n) is 4.91. The van der Waals surface area contributed by atoms with Gasteiger partial charge in [0.1, 0.15) is 0 Å². The summed E-state index contributed by atoms with van der Waals surface area (Å²) in [7, 11) is 2.94. The van der Waals surface area contributed by atoms with Crippen LogP contribution in [0.25, 0.3) is 11.1 Å². The van der Waals surface area contributed by atoms with Crippen molar-refractivity contribution in [2.24, 2.45) is 7.05 Å². The predicted octanol–water partition coefficient (Wildman–Crippen LogP) is 0.743. The van der Waals surface area contributed by atoms with Crippen LogP contribution < -0.4 is 11.1 Å². The molecule has 7 nitrogen and oxygen atoms in total. The molecule has 0 fully saturated rings. The van der Waals surface area contributed by atoms with Gasteiger partial charge in [-0.1, -0.05) is 6.07 Å². The van der Waals surface area contributed by atoms with E-state index in [1.54, 1.807) is 13.1 Å². The lowest BCUT2D eigenvalue weighted by Gasteiger charge is -2.05. The molecule has 1 aromatic carbocycles. The first-order valence-corrected chi connectivity index (χ1v) is 6.93. The number of fused-ring (bicyclic) bond motifs is 1. The number of benzene rings is 1. The van der Waals surface area contributed by atoms with E-state index in [2.05, 4.69) is 10.1 Å². The molecule has 0 unspecified atom stereocenters. The number of nitrogens with one attached hydrogen (secondary N) is 1. The van der Waals surface area contributed by atoms with E-state index in [1.807, 2.05) is 12.1 Å². The van der Waals surface area contributed by atoms with Crippen molar-refractivity contribution in [1.29, 1.82) is 0 Å². The molecule has 0 aliphatic carbocycles. The Morgan fingerprint density at radius 2 is 2.09 bits per heavy atom. The highest BCUT2D eigenvalue weighted by Gasteiger charge is 2.08. The van der Waals surface area contributed by atoms with Crippen LogP contribution in [0.3, 0.4) is 0 Å². The van der Waals surface area contributed by atoms with Crippen LogP contribution in [0, 0.1) is 0 Å². The van der Waals surface area contributed by atoms with E-state index in [4.69, 9.17) is 4.42 Å². The van der Waals surface area contributed by atoms with Crippen LogP contribution in [0.15, 0.2) is 27.4 Å². The van der Waals surface area contributed by atoms with Gasteiger partial charge in [-0.3, -0.25) is 14.2 Å². The van der Waals surface area contributed by atoms with Crippen LogP contribution in [0.1, 0.15) is 18.4 Å². The summed E-state index contributed by atoms with van der Waals surface area (Å²) in [4.78, 5) is 33.9. The van der Waals surface area contributed by atoms with Crippen molar-refractivity contribution in [3.8, 4) is 0 Å². The summed E-state index contributed by atoms with van der Waals surface area (Å²) in [5, 5.41) is 2.73. The molecule has 0 saturated carbocycles. The summed E-state index contributed by atoms with van der Waals surface area (Å²) in [6, 6.07) is 5.49. The van der Waals surface area contributed by atoms with E-state index < -0.39 is 11.7 Å². The Labute approximate surface area is 126 Å². The fourth-order valence-electron chi connectivity index (χ4n) is 2.09. The molecule has 0 aliphatic heterocycles. The number of ether oxygens (including phenoxy) is 1. The molecular weight excluding hydrogens is 288 g/mol. The highest BCUT2D eigenvalue weighted by Crippen LogP contribution is 2.14. The Hall–Kier alpha value is -2.57. The Morgan fingerprint density at radius 3 is 2.82 bits per heavy atom. The summed E-state index contributed by atoms with van der Waals surface area (Å²) in [6.45, 7) is 0.447. The van der Waals surface area contributed by atoms with Gasteiger partial charge >= 0.3 is 11.7 Å². The Balaban J connectivity index is 1.85. The molecule has 1 aromatic heterocycles. The van der Waals surface area contributed by atoms with Gasteiger partial charge in [0, 0.05) is 20.0 Å². The third-order valence-electron chi connectivity index (χ3n) is 3.38. The number of amides is 1. The van der Waals surface area contributed by atoms with Gasteiger partial charge in [-0.25, -0.2) is 4.79 Å². The standard InChI is InChI=1S/C15H18N2O5/c1-17-11-4-3-10(9-12(11)22-15(17)20)7-8-16-13(18)5-6-14(19)21-2/h3-4,9H,5-8H2,1-2H3,(H,16,18). The molecule has 0 spiro atoms. The fraction of sp³-hybridized carbons (Fsp3) is 0.400. The molecule has 22 heavy (non-hydrogen) atoms. The first kappa shape index (κ1) is 15.8. The van der Waals surface area contributed by atoms with E-state index >= 15 is 0 Å². The number of aryl methyl sites for hydroxylation is 1. The van der Waals surface area contributed by atoms with Crippen LogP contribution in [0.2, 0.25) is 0 Å². The van der Waals surface area contributed by atoms with E-state index in [1.165, 1.54) is 11.7 Å². The fourth-order valence-corrected chi connectivity index (χ4v) is 2.09. The average molecular weight is 306 g/mol. The molecule has 2 rings (SSSR count). The van der Waals surface area contributed by atoms with Crippen LogP contribution in [0.5, 0.6) is 0 Å². The normalized spacial score (nSPS) is 10.6. The van der Waals surface area contributed by atoms with Gasteiger partial charge in [0.05, 0.1) is 19.0 Å². The largest absolute Gasteiger partial charge is 0.469 e. The number of esters is 1. The minimum absolute atomic E-state index is 0.0729. The quantitative estimate of drug-likeness (QED) is 0.795. The summed E-state index contributed by atoms with van der Waals surface area (Å²) >= 11 is 0. The zero-order valence-electron chi connectivity index (χ0n) is 12.5. The van der Waals surface area contributed by atoms with Gasteiger partial charge in [0.25, 0.3) is 0 Å². The molecule has 118 valence electrons. The van der Waals surface area contributed by atoms with Gasteiger partial charge in [0.2, 0.25) is 5.91 Å².